The zero-order valence-electron chi connectivity index (χ0n) is 11.6. The van der Waals surface area contributed by atoms with Crippen molar-refractivity contribution in [3.05, 3.63) is 70.5 Å². The smallest absolute Gasteiger partial charge is 0.311 e. The van der Waals surface area contributed by atoms with E-state index < -0.39 is 11.9 Å². The summed E-state index contributed by atoms with van der Waals surface area (Å²) in [5.41, 5.74) is 3.84. The summed E-state index contributed by atoms with van der Waals surface area (Å²) in [6.07, 6.45) is 0.416. The monoisotopic (exact) mass is 272 g/mol. The topological polar surface area (TPSA) is 37.3 Å². The lowest BCUT2D eigenvalue weighted by atomic mass is 9.88. The van der Waals surface area contributed by atoms with E-state index in [1.54, 1.807) is 12.1 Å². The molecule has 0 fully saturated rings. The third kappa shape index (κ3) is 3.05. The molecule has 0 bridgehead atoms. The Hall–Kier alpha value is -2.16. The van der Waals surface area contributed by atoms with E-state index in [1.807, 2.05) is 32.0 Å². The number of aliphatic carboxylic acids is 1. The van der Waals surface area contributed by atoms with Crippen molar-refractivity contribution in [3.63, 3.8) is 0 Å². The molecular weight excluding hydrogens is 255 g/mol. The third-order valence-corrected chi connectivity index (χ3v) is 3.62. The minimum Gasteiger partial charge on any atom is -0.481 e. The molecule has 1 atom stereocenters. The molecule has 2 nitrogen and oxygen atoms in total. The van der Waals surface area contributed by atoms with Crippen LogP contribution in [0.4, 0.5) is 4.39 Å². The Morgan fingerprint density at radius 2 is 1.65 bits per heavy atom. The molecule has 1 unspecified atom stereocenters. The van der Waals surface area contributed by atoms with Gasteiger partial charge in [-0.05, 0) is 54.7 Å². The molecule has 20 heavy (non-hydrogen) atoms. The second-order valence-electron chi connectivity index (χ2n) is 5.02. The van der Waals surface area contributed by atoms with Gasteiger partial charge in [0.1, 0.15) is 5.82 Å². The molecule has 2 rings (SSSR count). The Labute approximate surface area is 117 Å². The lowest BCUT2D eigenvalue weighted by Gasteiger charge is -2.16. The molecule has 0 spiro atoms. The quantitative estimate of drug-likeness (QED) is 0.917. The van der Waals surface area contributed by atoms with Gasteiger partial charge in [0.25, 0.3) is 0 Å². The van der Waals surface area contributed by atoms with Crippen LogP contribution in [0.5, 0.6) is 0 Å². The Bertz CT molecular complexity index is 597. The summed E-state index contributed by atoms with van der Waals surface area (Å²) in [5.74, 6) is -1.90. The Kier molecular flexibility index (Phi) is 4.18. The fraction of sp³-hybridized carbons (Fsp3) is 0.235. The van der Waals surface area contributed by atoms with Crippen LogP contribution in [0.2, 0.25) is 0 Å². The van der Waals surface area contributed by atoms with Crippen molar-refractivity contribution >= 4 is 5.97 Å². The molecule has 0 aliphatic heterocycles. The highest BCUT2D eigenvalue weighted by Crippen LogP contribution is 2.25. The van der Waals surface area contributed by atoms with E-state index in [4.69, 9.17) is 0 Å². The summed E-state index contributed by atoms with van der Waals surface area (Å²) in [6, 6.07) is 11.6. The van der Waals surface area contributed by atoms with Gasteiger partial charge in [-0.15, -0.1) is 0 Å². The fourth-order valence-electron chi connectivity index (χ4n) is 2.42. The van der Waals surface area contributed by atoms with Gasteiger partial charge in [-0.3, -0.25) is 4.79 Å². The van der Waals surface area contributed by atoms with Gasteiger partial charge in [-0.1, -0.05) is 30.3 Å². The van der Waals surface area contributed by atoms with E-state index in [9.17, 15) is 14.3 Å². The number of hydrogen-bond acceptors (Lipinski definition) is 1. The van der Waals surface area contributed by atoms with E-state index in [1.165, 1.54) is 12.1 Å². The number of rotatable bonds is 4. The fourth-order valence-corrected chi connectivity index (χ4v) is 2.42. The van der Waals surface area contributed by atoms with Gasteiger partial charge in [0.2, 0.25) is 0 Å². The Morgan fingerprint density at radius 3 is 2.15 bits per heavy atom. The summed E-state index contributed by atoms with van der Waals surface area (Å²) in [6.45, 7) is 3.96. The standard InChI is InChI=1S/C17H17FO2/c1-11-4-3-5-12(2)15(11)10-16(17(19)20)13-6-8-14(18)9-7-13/h3-9,16H,10H2,1-2H3,(H,19,20). The predicted octanol–water partition coefficient (Wildman–Crippen LogP) is 3.85. The van der Waals surface area contributed by atoms with Crippen molar-refractivity contribution in [2.75, 3.05) is 0 Å². The zero-order chi connectivity index (χ0) is 14.7. The van der Waals surface area contributed by atoms with Crippen LogP contribution in [0, 0.1) is 19.7 Å². The second-order valence-corrected chi connectivity index (χ2v) is 5.02. The van der Waals surface area contributed by atoms with Crippen molar-refractivity contribution < 1.29 is 14.3 Å². The van der Waals surface area contributed by atoms with Gasteiger partial charge in [-0.2, -0.15) is 0 Å². The van der Waals surface area contributed by atoms with E-state index in [0.29, 0.717) is 12.0 Å². The molecule has 104 valence electrons. The average Bonchev–Trinajstić information content (AvgIpc) is 2.39. The Morgan fingerprint density at radius 1 is 1.10 bits per heavy atom. The van der Waals surface area contributed by atoms with Crippen LogP contribution in [0.1, 0.15) is 28.2 Å². The molecule has 3 heteroatoms. The number of benzene rings is 2. The minimum atomic E-state index is -0.890. The maximum Gasteiger partial charge on any atom is 0.311 e. The molecular formula is C17H17FO2. The van der Waals surface area contributed by atoms with Crippen molar-refractivity contribution in [2.24, 2.45) is 0 Å². The van der Waals surface area contributed by atoms with Gasteiger partial charge in [0.05, 0.1) is 5.92 Å². The molecule has 2 aromatic rings. The molecule has 0 radical (unpaired) electrons. The van der Waals surface area contributed by atoms with Crippen molar-refractivity contribution in [2.45, 2.75) is 26.2 Å². The molecule has 0 aliphatic rings. The largest absolute Gasteiger partial charge is 0.481 e. The highest BCUT2D eigenvalue weighted by molar-refractivity contribution is 5.76. The van der Waals surface area contributed by atoms with Crippen LogP contribution in [-0.2, 0) is 11.2 Å². The third-order valence-electron chi connectivity index (χ3n) is 3.62. The maximum absolute atomic E-state index is 13.0. The highest BCUT2D eigenvalue weighted by Gasteiger charge is 2.21. The van der Waals surface area contributed by atoms with Crippen molar-refractivity contribution in [3.8, 4) is 0 Å². The van der Waals surface area contributed by atoms with Gasteiger partial charge in [0, 0.05) is 0 Å². The maximum atomic E-state index is 13.0. The molecule has 0 aliphatic carbocycles. The van der Waals surface area contributed by atoms with E-state index in [0.717, 1.165) is 16.7 Å². The molecule has 0 amide bonds. The number of aryl methyl sites for hydroxylation is 2. The van der Waals surface area contributed by atoms with Gasteiger partial charge >= 0.3 is 5.97 Å². The first kappa shape index (κ1) is 14.3. The molecule has 0 aromatic heterocycles. The number of carboxylic acid groups (broad SMARTS) is 1. The average molecular weight is 272 g/mol. The lowest BCUT2D eigenvalue weighted by molar-refractivity contribution is -0.138. The van der Waals surface area contributed by atoms with Crippen LogP contribution in [0.3, 0.4) is 0 Å². The Balaban J connectivity index is 2.35. The van der Waals surface area contributed by atoms with E-state index >= 15 is 0 Å². The first-order chi connectivity index (χ1) is 9.49. The minimum absolute atomic E-state index is 0.357. The predicted molar refractivity (Wildman–Crippen MR) is 76.4 cm³/mol. The van der Waals surface area contributed by atoms with Gasteiger partial charge < -0.3 is 5.11 Å². The first-order valence-corrected chi connectivity index (χ1v) is 6.52. The van der Waals surface area contributed by atoms with Crippen LogP contribution in [0.25, 0.3) is 0 Å². The SMILES string of the molecule is Cc1cccc(C)c1CC(C(=O)O)c1ccc(F)cc1. The van der Waals surface area contributed by atoms with E-state index in [-0.39, 0.29) is 5.82 Å². The number of halogens is 1. The summed E-state index contributed by atoms with van der Waals surface area (Å²) < 4.78 is 13.0. The summed E-state index contributed by atoms with van der Waals surface area (Å²) in [5, 5.41) is 9.45. The first-order valence-electron chi connectivity index (χ1n) is 6.52. The highest BCUT2D eigenvalue weighted by atomic mass is 19.1. The number of hydrogen-bond donors (Lipinski definition) is 1. The van der Waals surface area contributed by atoms with E-state index in [2.05, 4.69) is 0 Å². The lowest BCUT2D eigenvalue weighted by Crippen LogP contribution is -2.15. The van der Waals surface area contributed by atoms with Gasteiger partial charge in [0.15, 0.2) is 0 Å². The number of carbonyl (C=O) groups is 1. The van der Waals surface area contributed by atoms with Crippen molar-refractivity contribution in [1.29, 1.82) is 0 Å². The molecule has 0 saturated heterocycles. The normalized spacial score (nSPS) is 12.2. The van der Waals surface area contributed by atoms with Gasteiger partial charge in [-0.25, -0.2) is 4.39 Å². The van der Waals surface area contributed by atoms with Crippen molar-refractivity contribution in [1.82, 2.24) is 0 Å². The summed E-state index contributed by atoms with van der Waals surface area (Å²) in [7, 11) is 0. The second kappa shape index (κ2) is 5.87. The molecule has 2 aromatic carbocycles. The summed E-state index contributed by atoms with van der Waals surface area (Å²) >= 11 is 0. The summed E-state index contributed by atoms with van der Waals surface area (Å²) in [4.78, 5) is 11.5. The van der Waals surface area contributed by atoms with Crippen LogP contribution < -0.4 is 0 Å². The molecule has 0 saturated carbocycles. The molecule has 0 heterocycles. The van der Waals surface area contributed by atoms with Crippen LogP contribution >= 0.6 is 0 Å². The van der Waals surface area contributed by atoms with Crippen LogP contribution in [-0.4, -0.2) is 11.1 Å². The van der Waals surface area contributed by atoms with Crippen LogP contribution in [0.15, 0.2) is 42.5 Å². The zero-order valence-corrected chi connectivity index (χ0v) is 11.6. The number of carboxylic acids is 1. The molecule has 1 N–H and O–H groups in total.